The number of hydrogen-bond donors (Lipinski definition) is 1. The molecule has 21 heavy (non-hydrogen) atoms. The molecule has 4 heteroatoms. The van der Waals surface area contributed by atoms with Crippen LogP contribution in [-0.2, 0) is 0 Å². The molecule has 2 unspecified atom stereocenters. The molecule has 1 aromatic carbocycles. The Labute approximate surface area is 127 Å². The summed E-state index contributed by atoms with van der Waals surface area (Å²) >= 11 is 0. The summed E-state index contributed by atoms with van der Waals surface area (Å²) in [6.45, 7) is 8.40. The van der Waals surface area contributed by atoms with Gasteiger partial charge in [-0.05, 0) is 57.5 Å². The van der Waals surface area contributed by atoms with Crippen molar-refractivity contribution in [2.75, 3.05) is 26.4 Å². The van der Waals surface area contributed by atoms with Crippen molar-refractivity contribution in [1.29, 1.82) is 0 Å². The topological polar surface area (TPSA) is 33.7 Å². The summed E-state index contributed by atoms with van der Waals surface area (Å²) in [6, 6.07) is 7.14. The van der Waals surface area contributed by atoms with Crippen LogP contribution in [0.25, 0.3) is 0 Å². The lowest BCUT2D eigenvalue weighted by Gasteiger charge is -2.33. The Bertz CT molecular complexity index is 472. The minimum atomic E-state index is 0.326. The van der Waals surface area contributed by atoms with Crippen LogP contribution in [0.4, 0.5) is 0 Å². The SMILES string of the molecule is CC(NCC(C)N1CCCCC1)c1ccc2c(c1)OCO2. The van der Waals surface area contributed by atoms with Gasteiger partial charge in [0, 0.05) is 18.6 Å². The smallest absolute Gasteiger partial charge is 0.231 e. The van der Waals surface area contributed by atoms with Crippen LogP contribution in [0.1, 0.15) is 44.7 Å². The van der Waals surface area contributed by atoms with Crippen molar-refractivity contribution in [3.8, 4) is 11.5 Å². The molecule has 1 aromatic rings. The highest BCUT2D eigenvalue weighted by molar-refractivity contribution is 5.45. The van der Waals surface area contributed by atoms with Crippen LogP contribution in [-0.4, -0.2) is 37.4 Å². The molecule has 2 aliphatic rings. The minimum absolute atomic E-state index is 0.326. The van der Waals surface area contributed by atoms with Gasteiger partial charge in [-0.3, -0.25) is 4.90 Å². The number of piperidine rings is 1. The first-order chi connectivity index (χ1) is 10.2. The Morgan fingerprint density at radius 1 is 1.10 bits per heavy atom. The molecule has 0 aliphatic carbocycles. The van der Waals surface area contributed by atoms with Crippen LogP contribution >= 0.6 is 0 Å². The number of nitrogens with zero attached hydrogens (tertiary/aromatic N) is 1. The van der Waals surface area contributed by atoms with Crippen LogP contribution in [0.3, 0.4) is 0 Å². The summed E-state index contributed by atoms with van der Waals surface area (Å²) < 4.78 is 10.8. The van der Waals surface area contributed by atoms with Gasteiger partial charge in [0.1, 0.15) is 0 Å². The minimum Gasteiger partial charge on any atom is -0.454 e. The van der Waals surface area contributed by atoms with E-state index >= 15 is 0 Å². The largest absolute Gasteiger partial charge is 0.454 e. The monoisotopic (exact) mass is 290 g/mol. The number of ether oxygens (including phenoxy) is 2. The van der Waals surface area contributed by atoms with E-state index in [0.717, 1.165) is 18.0 Å². The summed E-state index contributed by atoms with van der Waals surface area (Å²) in [5.41, 5.74) is 1.25. The zero-order valence-corrected chi connectivity index (χ0v) is 13.1. The molecular formula is C17H26N2O2. The van der Waals surface area contributed by atoms with E-state index in [1.54, 1.807) is 0 Å². The number of fused-ring (bicyclic) bond motifs is 1. The first kappa shape index (κ1) is 14.7. The fourth-order valence-corrected chi connectivity index (χ4v) is 3.14. The van der Waals surface area contributed by atoms with Crippen molar-refractivity contribution < 1.29 is 9.47 Å². The zero-order valence-electron chi connectivity index (χ0n) is 13.1. The maximum absolute atomic E-state index is 5.45. The van der Waals surface area contributed by atoms with Crippen LogP contribution in [0.15, 0.2) is 18.2 Å². The summed E-state index contributed by atoms with van der Waals surface area (Å²) in [5, 5.41) is 3.65. The number of hydrogen-bond acceptors (Lipinski definition) is 4. The summed E-state index contributed by atoms with van der Waals surface area (Å²) in [4.78, 5) is 2.60. The summed E-state index contributed by atoms with van der Waals surface area (Å²) in [6.07, 6.45) is 4.09. The fraction of sp³-hybridized carbons (Fsp3) is 0.647. The number of nitrogens with one attached hydrogen (secondary N) is 1. The van der Waals surface area contributed by atoms with Crippen LogP contribution < -0.4 is 14.8 Å². The lowest BCUT2D eigenvalue weighted by molar-refractivity contribution is 0.168. The highest BCUT2D eigenvalue weighted by Gasteiger charge is 2.19. The van der Waals surface area contributed by atoms with E-state index in [9.17, 15) is 0 Å². The van der Waals surface area contributed by atoms with Crippen molar-refractivity contribution in [3.05, 3.63) is 23.8 Å². The third kappa shape index (κ3) is 3.50. The molecule has 0 saturated carbocycles. The number of rotatable bonds is 5. The maximum atomic E-state index is 5.45. The van der Waals surface area contributed by atoms with E-state index in [2.05, 4.69) is 36.2 Å². The maximum Gasteiger partial charge on any atom is 0.231 e. The van der Waals surface area contributed by atoms with Gasteiger partial charge >= 0.3 is 0 Å². The first-order valence-corrected chi connectivity index (χ1v) is 8.11. The van der Waals surface area contributed by atoms with Crippen molar-refractivity contribution in [3.63, 3.8) is 0 Å². The molecule has 1 N–H and O–H groups in total. The zero-order chi connectivity index (χ0) is 14.7. The molecule has 1 fully saturated rings. The van der Waals surface area contributed by atoms with Gasteiger partial charge in [-0.1, -0.05) is 12.5 Å². The van der Waals surface area contributed by atoms with E-state index in [1.165, 1.54) is 37.9 Å². The van der Waals surface area contributed by atoms with E-state index in [4.69, 9.17) is 9.47 Å². The molecule has 0 spiro atoms. The second-order valence-corrected chi connectivity index (χ2v) is 6.19. The van der Waals surface area contributed by atoms with Crippen LogP contribution in [0.5, 0.6) is 11.5 Å². The average molecular weight is 290 g/mol. The molecule has 0 aromatic heterocycles. The summed E-state index contributed by atoms with van der Waals surface area (Å²) in [7, 11) is 0. The predicted molar refractivity (Wildman–Crippen MR) is 83.9 cm³/mol. The Hall–Kier alpha value is -1.26. The Kier molecular flexibility index (Phi) is 4.66. The van der Waals surface area contributed by atoms with Gasteiger partial charge in [0.15, 0.2) is 11.5 Å². The molecule has 2 aliphatic heterocycles. The third-order valence-electron chi connectivity index (χ3n) is 4.63. The van der Waals surface area contributed by atoms with Gasteiger partial charge < -0.3 is 14.8 Å². The second kappa shape index (κ2) is 6.67. The number of likely N-dealkylation sites (tertiary alicyclic amines) is 1. The standard InChI is InChI=1S/C17H26N2O2/c1-13(19-8-4-3-5-9-19)11-18-14(2)15-6-7-16-17(10-15)21-12-20-16/h6-7,10,13-14,18H,3-5,8-9,11-12H2,1-2H3. The van der Waals surface area contributed by atoms with Crippen LogP contribution in [0.2, 0.25) is 0 Å². The molecular weight excluding hydrogens is 264 g/mol. The van der Waals surface area contributed by atoms with Gasteiger partial charge in [0.2, 0.25) is 6.79 Å². The Morgan fingerprint density at radius 3 is 2.67 bits per heavy atom. The van der Waals surface area contributed by atoms with Crippen molar-refractivity contribution in [2.24, 2.45) is 0 Å². The van der Waals surface area contributed by atoms with Gasteiger partial charge in [-0.25, -0.2) is 0 Å². The molecule has 0 bridgehead atoms. The Balaban J connectivity index is 1.52. The van der Waals surface area contributed by atoms with Crippen molar-refractivity contribution in [1.82, 2.24) is 10.2 Å². The highest BCUT2D eigenvalue weighted by Crippen LogP contribution is 2.34. The van der Waals surface area contributed by atoms with Gasteiger partial charge in [0.05, 0.1) is 0 Å². The average Bonchev–Trinajstić information content (AvgIpc) is 3.00. The Morgan fingerprint density at radius 2 is 1.86 bits per heavy atom. The lowest BCUT2D eigenvalue weighted by Crippen LogP contribution is -2.43. The quantitative estimate of drug-likeness (QED) is 0.904. The van der Waals surface area contributed by atoms with Gasteiger partial charge in [0.25, 0.3) is 0 Å². The highest BCUT2D eigenvalue weighted by atomic mass is 16.7. The van der Waals surface area contributed by atoms with E-state index in [0.29, 0.717) is 18.9 Å². The van der Waals surface area contributed by atoms with E-state index < -0.39 is 0 Å². The van der Waals surface area contributed by atoms with E-state index in [1.807, 2.05) is 6.07 Å². The molecule has 116 valence electrons. The molecule has 0 amide bonds. The molecule has 3 rings (SSSR count). The molecule has 0 radical (unpaired) electrons. The van der Waals surface area contributed by atoms with Crippen LogP contribution in [0, 0.1) is 0 Å². The molecule has 2 atom stereocenters. The molecule has 4 nitrogen and oxygen atoms in total. The predicted octanol–water partition coefficient (Wildman–Crippen LogP) is 2.94. The van der Waals surface area contributed by atoms with E-state index in [-0.39, 0.29) is 0 Å². The van der Waals surface area contributed by atoms with Gasteiger partial charge in [-0.15, -0.1) is 0 Å². The number of benzene rings is 1. The first-order valence-electron chi connectivity index (χ1n) is 8.11. The normalized spacial score (nSPS) is 21.2. The van der Waals surface area contributed by atoms with Crippen molar-refractivity contribution in [2.45, 2.75) is 45.2 Å². The third-order valence-corrected chi connectivity index (χ3v) is 4.63. The molecule has 1 saturated heterocycles. The lowest BCUT2D eigenvalue weighted by atomic mass is 10.1. The summed E-state index contributed by atoms with van der Waals surface area (Å²) in [5.74, 6) is 1.72. The fourth-order valence-electron chi connectivity index (χ4n) is 3.14. The van der Waals surface area contributed by atoms with Crippen molar-refractivity contribution >= 4 is 0 Å². The second-order valence-electron chi connectivity index (χ2n) is 6.19. The molecule has 2 heterocycles. The van der Waals surface area contributed by atoms with Gasteiger partial charge in [-0.2, -0.15) is 0 Å².